The molecule has 0 radical (unpaired) electrons. The zero-order valence-corrected chi connectivity index (χ0v) is 11.2. The number of hydrogen-bond donors (Lipinski definition) is 0. The van der Waals surface area contributed by atoms with Crippen molar-refractivity contribution in [2.45, 2.75) is 24.9 Å². The molecule has 2 unspecified atom stereocenters. The lowest BCUT2D eigenvalue weighted by Crippen LogP contribution is -2.56. The van der Waals surface area contributed by atoms with Gasteiger partial charge in [0.15, 0.2) is 0 Å². The van der Waals surface area contributed by atoms with Crippen LogP contribution in [0.15, 0.2) is 0 Å². The van der Waals surface area contributed by atoms with Crippen LogP contribution in [0.4, 0.5) is 8.78 Å². The van der Waals surface area contributed by atoms with Gasteiger partial charge in [-0.2, -0.15) is 0 Å². The van der Waals surface area contributed by atoms with Gasteiger partial charge in [-0.3, -0.25) is 40.5 Å². The summed E-state index contributed by atoms with van der Waals surface area (Å²) in [5.74, 6) is 0. The second-order valence-corrected chi connectivity index (χ2v) is 3.85. The molecule has 16 heteroatoms. The van der Waals surface area contributed by atoms with E-state index in [9.17, 15) is 49.2 Å². The van der Waals surface area contributed by atoms with E-state index in [-0.39, 0.29) is 0 Å². The van der Waals surface area contributed by atoms with Crippen molar-refractivity contribution in [3.63, 3.8) is 0 Å². The summed E-state index contributed by atoms with van der Waals surface area (Å²) in [5.41, 5.74) is -0.994. The Morgan fingerprint density at radius 1 is 0.810 bits per heavy atom. The van der Waals surface area contributed by atoms with E-state index in [4.69, 9.17) is 0 Å². The largest absolute Gasteiger partial charge is 0.494 e. The summed E-state index contributed by atoms with van der Waals surface area (Å²) in [6.45, 7) is 0. The summed E-state index contributed by atoms with van der Waals surface area (Å²) in [7, 11) is 0. The molecule has 0 N–H and O–H groups in total. The molecule has 0 saturated heterocycles. The van der Waals surface area contributed by atoms with Crippen molar-refractivity contribution >= 4 is 15.9 Å². The Balaban J connectivity index is 5.48. The second-order valence-electron chi connectivity index (χ2n) is 3.35. The van der Waals surface area contributed by atoms with E-state index >= 15 is 0 Å². The molecule has 21 heavy (non-hydrogen) atoms. The maximum Gasteiger partial charge on any atom is 0.494 e. The van der Waals surface area contributed by atoms with Crippen LogP contribution in [-0.4, -0.2) is 55.0 Å². The third-order valence-electron chi connectivity index (χ3n) is 2.13. The van der Waals surface area contributed by atoms with E-state index in [2.05, 4.69) is 15.9 Å². The van der Waals surface area contributed by atoms with Crippen LogP contribution < -0.4 is 0 Å². The molecule has 0 aromatic heterocycles. The molecule has 0 spiro atoms. The van der Waals surface area contributed by atoms with Crippen molar-refractivity contribution in [2.24, 2.45) is 0 Å². The Bertz CT molecular complexity index is 387. The minimum absolute atomic E-state index is 0.410. The highest BCUT2D eigenvalue weighted by atomic mass is 79.9. The molecule has 0 heterocycles. The summed E-state index contributed by atoms with van der Waals surface area (Å²) in [5, 5.41) is 41.4. The van der Waals surface area contributed by atoms with Crippen LogP contribution in [0.5, 0.6) is 0 Å². The van der Waals surface area contributed by atoms with Crippen molar-refractivity contribution < 1.29 is 28.5 Å². The smallest absolute Gasteiger partial charge is 0.258 e. The molecule has 0 rings (SSSR count). The Kier molecular flexibility index (Phi) is 6.86. The molecule has 0 fully saturated rings. The van der Waals surface area contributed by atoms with Crippen LogP contribution >= 0.6 is 15.9 Å². The van der Waals surface area contributed by atoms with Gasteiger partial charge in [-0.15, -0.1) is 0 Å². The first-order valence-electron chi connectivity index (χ1n) is 4.70. The summed E-state index contributed by atoms with van der Waals surface area (Å²) < 4.78 is 27.4. The molecule has 0 saturated carbocycles. The van der Waals surface area contributed by atoms with Crippen molar-refractivity contribution in [1.29, 1.82) is 0 Å². The van der Waals surface area contributed by atoms with Gasteiger partial charge in [0.1, 0.15) is 19.7 Å². The zero-order chi connectivity index (χ0) is 16.9. The van der Waals surface area contributed by atoms with Crippen molar-refractivity contribution in [3.8, 4) is 0 Å². The number of rotatable bonds is 9. The highest BCUT2D eigenvalue weighted by Gasteiger charge is 2.55. The maximum absolute atomic E-state index is 13.7. The van der Waals surface area contributed by atoms with Gasteiger partial charge in [0.2, 0.25) is 0 Å². The predicted molar refractivity (Wildman–Crippen MR) is 61.0 cm³/mol. The van der Waals surface area contributed by atoms with Crippen molar-refractivity contribution in [3.05, 3.63) is 40.5 Å². The van der Waals surface area contributed by atoms with Gasteiger partial charge in [0, 0.05) is 0 Å². The molecule has 2 atom stereocenters. The van der Waals surface area contributed by atoms with Crippen LogP contribution in [0.1, 0.15) is 0 Å². The van der Waals surface area contributed by atoms with Gasteiger partial charge in [-0.1, -0.05) is 15.9 Å². The molecular weight excluding hydrogens is 376 g/mol. The fourth-order valence-corrected chi connectivity index (χ4v) is 1.72. The van der Waals surface area contributed by atoms with E-state index in [1.807, 2.05) is 0 Å². The number of nitro groups is 4. The fourth-order valence-electron chi connectivity index (χ4n) is 1.17. The van der Waals surface area contributed by atoms with Crippen molar-refractivity contribution in [1.82, 2.24) is 4.90 Å². The van der Waals surface area contributed by atoms with E-state index in [0.717, 1.165) is 0 Å². The van der Waals surface area contributed by atoms with Gasteiger partial charge < -0.3 is 0 Å². The third-order valence-corrected chi connectivity index (χ3v) is 2.71. The molecule has 0 aromatic rings. The Morgan fingerprint density at radius 3 is 1.19 bits per heavy atom. The van der Waals surface area contributed by atoms with Crippen LogP contribution in [0.2, 0.25) is 0 Å². The third kappa shape index (κ3) is 4.45. The van der Waals surface area contributed by atoms with E-state index in [1.54, 1.807) is 0 Å². The first-order valence-corrected chi connectivity index (χ1v) is 5.82. The van der Waals surface area contributed by atoms with Gasteiger partial charge in [0.05, 0.1) is 5.45 Å². The Hall–Kier alpha value is -2.10. The van der Waals surface area contributed by atoms with Gasteiger partial charge in [-0.25, -0.2) is 13.7 Å². The zero-order valence-electron chi connectivity index (χ0n) is 9.65. The minimum Gasteiger partial charge on any atom is -0.258 e. The van der Waals surface area contributed by atoms with Crippen LogP contribution in [0.3, 0.4) is 0 Å². The topological polar surface area (TPSA) is 176 Å². The van der Waals surface area contributed by atoms with E-state index in [1.165, 1.54) is 0 Å². The van der Waals surface area contributed by atoms with Gasteiger partial charge >= 0.3 is 12.3 Å². The van der Waals surface area contributed by atoms with Crippen molar-refractivity contribution in [2.75, 3.05) is 5.45 Å². The predicted octanol–water partition coefficient (Wildman–Crippen LogP) is -0.00900. The molecule has 0 aliphatic heterocycles. The molecule has 13 nitrogen and oxygen atoms in total. The summed E-state index contributed by atoms with van der Waals surface area (Å²) in [6.07, 6.45) is -12.9. The Labute approximate surface area is 121 Å². The Morgan fingerprint density at radius 2 is 1.05 bits per heavy atom. The number of halogens is 3. The molecule has 120 valence electrons. The molecule has 0 aliphatic carbocycles. The molecular formula is C5H6BrF2N5O8. The lowest BCUT2D eigenvalue weighted by molar-refractivity contribution is -0.764. The lowest BCUT2D eigenvalue weighted by Gasteiger charge is -2.23. The summed E-state index contributed by atoms with van der Waals surface area (Å²) >= 11 is 2.41. The fraction of sp³-hybridized carbons (Fsp3) is 1.00. The van der Waals surface area contributed by atoms with Gasteiger partial charge in [0.25, 0.3) is 12.6 Å². The summed E-state index contributed by atoms with van der Waals surface area (Å²) in [6, 6.07) is 0. The standard InChI is InChI=1S/C5H6BrF2N5O8/c6-1-9(2(7)4(10(14)15)11(16)17)3(8)5(12(18)19)13(20)21/h2-5H,1H2. The number of nitrogens with zero attached hydrogens (tertiary/aromatic N) is 5. The molecule has 0 aromatic carbocycles. The SMILES string of the molecule is O=[N+]([O-])C(C(F)N(CBr)C(F)C([N+](=O)[O-])[N+](=O)[O-])[N+](=O)[O-]. The molecule has 0 aliphatic rings. The quantitative estimate of drug-likeness (QED) is 0.174. The lowest BCUT2D eigenvalue weighted by atomic mass is 10.3. The van der Waals surface area contributed by atoms with Crippen LogP contribution in [-0.2, 0) is 0 Å². The van der Waals surface area contributed by atoms with E-state index in [0.29, 0.717) is 0 Å². The highest BCUT2D eigenvalue weighted by Crippen LogP contribution is 2.20. The van der Waals surface area contributed by atoms with Crippen LogP contribution in [0.25, 0.3) is 0 Å². The monoisotopic (exact) mass is 381 g/mol. The first kappa shape index (κ1) is 18.9. The summed E-state index contributed by atoms with van der Waals surface area (Å²) in [4.78, 5) is 34.2. The maximum atomic E-state index is 13.7. The number of hydrogen-bond acceptors (Lipinski definition) is 9. The highest BCUT2D eigenvalue weighted by molar-refractivity contribution is 9.09. The normalized spacial score (nSPS) is 14.2. The molecule has 0 bridgehead atoms. The number of alkyl halides is 3. The second kappa shape index (κ2) is 7.62. The molecule has 0 amide bonds. The average Bonchev–Trinajstić information content (AvgIpc) is 2.27. The van der Waals surface area contributed by atoms with E-state index < -0.39 is 55.0 Å². The van der Waals surface area contributed by atoms with Crippen LogP contribution in [0, 0.1) is 40.5 Å². The van der Waals surface area contributed by atoms with Gasteiger partial charge in [-0.05, 0) is 0 Å². The average molecular weight is 382 g/mol. The minimum atomic E-state index is -3.27. The first-order chi connectivity index (χ1) is 9.56.